The number of amides is 1. The van der Waals surface area contributed by atoms with Crippen LogP contribution < -0.4 is 10.1 Å². The molecular formula is C27H29ClF3N3O2. The molecule has 2 aliphatic carbocycles. The number of benzene rings is 1. The molecule has 9 heteroatoms. The normalized spacial score (nSPS) is 29.3. The van der Waals surface area contributed by atoms with Crippen LogP contribution in [-0.2, 0) is 23.9 Å². The lowest BCUT2D eigenvalue weighted by Gasteiger charge is -2.37. The van der Waals surface area contributed by atoms with Gasteiger partial charge in [-0.3, -0.25) is 9.78 Å². The molecule has 2 aliphatic heterocycles. The first-order valence-corrected chi connectivity index (χ1v) is 13.1. The van der Waals surface area contributed by atoms with E-state index in [0.29, 0.717) is 41.8 Å². The molecule has 2 aromatic rings. The maximum absolute atomic E-state index is 14.0. The fourth-order valence-corrected chi connectivity index (χ4v) is 7.19. The maximum Gasteiger partial charge on any atom is 0.417 e. The number of halogens is 4. The number of hydrogen-bond donors (Lipinski definition) is 1. The van der Waals surface area contributed by atoms with Gasteiger partial charge in [-0.05, 0) is 61.4 Å². The molecule has 2 saturated carbocycles. The second-order valence-electron chi connectivity index (χ2n) is 10.7. The molecule has 4 atom stereocenters. The lowest BCUT2D eigenvalue weighted by atomic mass is 9.78. The Balaban J connectivity index is 1.20. The van der Waals surface area contributed by atoms with Crippen LogP contribution in [-0.4, -0.2) is 35.0 Å². The third kappa shape index (κ3) is 4.16. The van der Waals surface area contributed by atoms with E-state index in [-0.39, 0.29) is 24.5 Å². The number of nitrogens with one attached hydrogen (secondary N) is 1. The number of carbonyl (C=O) groups is 1. The summed E-state index contributed by atoms with van der Waals surface area (Å²) in [6.45, 7) is 1.33. The van der Waals surface area contributed by atoms with E-state index < -0.39 is 17.2 Å². The van der Waals surface area contributed by atoms with E-state index >= 15 is 0 Å². The molecule has 1 aromatic heterocycles. The van der Waals surface area contributed by atoms with Crippen LogP contribution in [0.25, 0.3) is 0 Å². The third-order valence-electron chi connectivity index (χ3n) is 8.66. The van der Waals surface area contributed by atoms with Crippen molar-refractivity contribution in [3.63, 3.8) is 0 Å². The van der Waals surface area contributed by atoms with Gasteiger partial charge in [0.05, 0.1) is 17.6 Å². The van der Waals surface area contributed by atoms with Gasteiger partial charge in [-0.1, -0.05) is 18.0 Å². The van der Waals surface area contributed by atoms with E-state index in [1.165, 1.54) is 0 Å². The van der Waals surface area contributed by atoms with E-state index in [9.17, 15) is 18.0 Å². The Hall–Kier alpha value is -2.32. The molecule has 1 amide bonds. The zero-order valence-electron chi connectivity index (χ0n) is 19.9. The molecule has 5 nitrogen and oxygen atoms in total. The molecule has 192 valence electrons. The van der Waals surface area contributed by atoms with Gasteiger partial charge in [0.2, 0.25) is 5.91 Å². The zero-order valence-corrected chi connectivity index (χ0v) is 20.7. The highest BCUT2D eigenvalue weighted by molar-refractivity contribution is 6.30. The van der Waals surface area contributed by atoms with Crippen LogP contribution in [0.4, 0.5) is 13.2 Å². The summed E-state index contributed by atoms with van der Waals surface area (Å²) in [6, 6.07) is 7.19. The summed E-state index contributed by atoms with van der Waals surface area (Å²) in [5, 5.41) is 4.48. The first kappa shape index (κ1) is 24.0. The Bertz CT molecular complexity index is 1190. The van der Waals surface area contributed by atoms with Crippen LogP contribution in [0.3, 0.4) is 0 Å². The van der Waals surface area contributed by atoms with Crippen molar-refractivity contribution in [3.05, 3.63) is 57.9 Å². The second kappa shape index (κ2) is 8.91. The molecule has 1 aromatic carbocycles. The Labute approximate surface area is 213 Å². The second-order valence-corrected chi connectivity index (χ2v) is 11.2. The number of carbonyl (C=O) groups excluding carboxylic acids is 1. The number of fused-ring (bicyclic) bond motifs is 3. The third-order valence-corrected chi connectivity index (χ3v) is 8.90. The predicted molar refractivity (Wildman–Crippen MR) is 129 cm³/mol. The first-order valence-electron chi connectivity index (χ1n) is 12.8. The minimum atomic E-state index is -4.44. The average Bonchev–Trinajstić information content (AvgIpc) is 3.40. The standard InChI is InChI=1S/C27H29ClF3N3O2/c28-19-3-4-24-21(12-19)23(6-9-36-24)33-20-11-17-2-1-7-26(17,13-20)25(35)34-8-5-22-16(15-34)10-18(14-32-22)27(29,30)31/h3-4,10,12,14,17,20,23,33H,1-2,5-9,11,13,15H2/t17-,20-,23-,26-/m1/s1. The minimum Gasteiger partial charge on any atom is -0.493 e. The Kier molecular flexibility index (Phi) is 5.95. The summed E-state index contributed by atoms with van der Waals surface area (Å²) in [5.74, 6) is 1.25. The largest absolute Gasteiger partial charge is 0.493 e. The van der Waals surface area contributed by atoms with Crippen LogP contribution >= 0.6 is 11.6 Å². The molecule has 4 aliphatic rings. The minimum absolute atomic E-state index is 0.104. The number of alkyl halides is 3. The number of pyridine rings is 1. The first-order chi connectivity index (χ1) is 17.2. The highest BCUT2D eigenvalue weighted by atomic mass is 35.5. The summed E-state index contributed by atoms with van der Waals surface area (Å²) in [4.78, 5) is 19.8. The SMILES string of the molecule is O=C(N1CCc2ncc(C(F)(F)F)cc2C1)[C@@]12CCC[C@@H]1C[C@@H](N[C@@H]1CCOc3ccc(Cl)cc31)C2. The van der Waals surface area contributed by atoms with Gasteiger partial charge in [0.15, 0.2) is 0 Å². The number of ether oxygens (including phenoxy) is 1. The van der Waals surface area contributed by atoms with Crippen LogP contribution in [0.1, 0.15) is 67.0 Å². The lowest BCUT2D eigenvalue weighted by Crippen LogP contribution is -2.47. The molecular weight excluding hydrogens is 491 g/mol. The van der Waals surface area contributed by atoms with Gasteiger partial charge in [-0.2, -0.15) is 13.2 Å². The van der Waals surface area contributed by atoms with Crippen LogP contribution in [0.2, 0.25) is 5.02 Å². The van der Waals surface area contributed by atoms with Gasteiger partial charge < -0.3 is 15.0 Å². The van der Waals surface area contributed by atoms with Crippen LogP contribution in [0.5, 0.6) is 5.75 Å². The number of aromatic nitrogens is 1. The van der Waals surface area contributed by atoms with Crippen molar-refractivity contribution in [1.82, 2.24) is 15.2 Å². The molecule has 3 heterocycles. The zero-order chi connectivity index (χ0) is 25.1. The molecule has 1 N–H and O–H groups in total. The van der Waals surface area contributed by atoms with Gasteiger partial charge in [-0.15, -0.1) is 0 Å². The molecule has 0 radical (unpaired) electrons. The molecule has 36 heavy (non-hydrogen) atoms. The number of rotatable bonds is 3. The van der Waals surface area contributed by atoms with Gasteiger partial charge in [0.1, 0.15) is 5.75 Å². The van der Waals surface area contributed by atoms with Crippen molar-refractivity contribution in [2.45, 2.75) is 69.8 Å². The Morgan fingerprint density at radius 1 is 1.25 bits per heavy atom. The molecule has 0 saturated heterocycles. The molecule has 2 fully saturated rings. The van der Waals surface area contributed by atoms with Crippen molar-refractivity contribution in [2.75, 3.05) is 13.2 Å². The quantitative estimate of drug-likeness (QED) is 0.565. The summed E-state index contributed by atoms with van der Waals surface area (Å²) >= 11 is 6.26. The molecule has 0 unspecified atom stereocenters. The van der Waals surface area contributed by atoms with Crippen molar-refractivity contribution >= 4 is 17.5 Å². The van der Waals surface area contributed by atoms with Crippen molar-refractivity contribution in [3.8, 4) is 5.75 Å². The van der Waals surface area contributed by atoms with Gasteiger partial charge in [-0.25, -0.2) is 0 Å². The predicted octanol–water partition coefficient (Wildman–Crippen LogP) is 5.70. The highest BCUT2D eigenvalue weighted by Crippen LogP contribution is 2.56. The molecule has 0 spiro atoms. The topological polar surface area (TPSA) is 54.5 Å². The van der Waals surface area contributed by atoms with Crippen LogP contribution in [0.15, 0.2) is 30.5 Å². The maximum atomic E-state index is 14.0. The van der Waals surface area contributed by atoms with E-state index in [2.05, 4.69) is 10.3 Å². The van der Waals surface area contributed by atoms with Gasteiger partial charge in [0.25, 0.3) is 0 Å². The fourth-order valence-electron chi connectivity index (χ4n) is 7.01. The summed E-state index contributed by atoms with van der Waals surface area (Å²) in [7, 11) is 0. The average molecular weight is 520 g/mol. The monoisotopic (exact) mass is 519 g/mol. The number of hydrogen-bond acceptors (Lipinski definition) is 4. The van der Waals surface area contributed by atoms with E-state index in [1.54, 1.807) is 4.90 Å². The molecule has 6 rings (SSSR count). The van der Waals surface area contributed by atoms with Crippen molar-refractivity contribution in [2.24, 2.45) is 11.3 Å². The van der Waals surface area contributed by atoms with Crippen molar-refractivity contribution in [1.29, 1.82) is 0 Å². The Morgan fingerprint density at radius 3 is 2.94 bits per heavy atom. The lowest BCUT2D eigenvalue weighted by molar-refractivity contribution is -0.144. The van der Waals surface area contributed by atoms with Crippen molar-refractivity contribution < 1.29 is 22.7 Å². The van der Waals surface area contributed by atoms with Gasteiger partial charge in [0, 0.05) is 60.5 Å². The van der Waals surface area contributed by atoms with E-state index in [0.717, 1.165) is 62.1 Å². The van der Waals surface area contributed by atoms with E-state index in [1.807, 2.05) is 18.2 Å². The Morgan fingerprint density at radius 2 is 2.11 bits per heavy atom. The number of nitrogens with zero attached hydrogens (tertiary/aromatic N) is 2. The summed E-state index contributed by atoms with van der Waals surface area (Å²) in [6.07, 6.45) is 2.35. The smallest absolute Gasteiger partial charge is 0.417 e. The summed E-state index contributed by atoms with van der Waals surface area (Å²) in [5.41, 5.74) is 1.04. The van der Waals surface area contributed by atoms with Gasteiger partial charge >= 0.3 is 6.18 Å². The molecule has 0 bridgehead atoms. The van der Waals surface area contributed by atoms with E-state index in [4.69, 9.17) is 16.3 Å². The van der Waals surface area contributed by atoms with Crippen LogP contribution in [0, 0.1) is 11.3 Å². The summed E-state index contributed by atoms with van der Waals surface area (Å²) < 4.78 is 45.5. The highest BCUT2D eigenvalue weighted by Gasteiger charge is 2.56. The fraction of sp³-hybridized carbons (Fsp3) is 0.556.